The molecule has 0 radical (unpaired) electrons. The summed E-state index contributed by atoms with van der Waals surface area (Å²) in [5.41, 5.74) is 13.0. The highest BCUT2D eigenvalue weighted by Gasteiger charge is 2.36. The minimum absolute atomic E-state index is 0.117. The van der Waals surface area contributed by atoms with Gasteiger partial charge >= 0.3 is 0 Å². The van der Waals surface area contributed by atoms with Crippen molar-refractivity contribution in [3.8, 4) is 44.5 Å². The third kappa shape index (κ3) is 3.82. The van der Waals surface area contributed by atoms with E-state index in [9.17, 15) is 0 Å². The standard InChI is InChI=1S/C47H32/c1-47(2)43-27-34(33-12-6-13-35(26-33)38-15-7-9-29-8-3-4-14-37(29)38)20-23-40(43)41-24-21-36(28-44(41)47)39-22-18-32-17-16-30-10-5-11-31-19-25-42(39)46(32)45(30)31/h3-28H,1-2H3. The predicted molar refractivity (Wildman–Crippen MR) is 202 cm³/mol. The second kappa shape index (κ2) is 9.64. The van der Waals surface area contributed by atoms with Crippen LogP contribution < -0.4 is 0 Å². The quantitative estimate of drug-likeness (QED) is 0.178. The van der Waals surface area contributed by atoms with Crippen molar-refractivity contribution < 1.29 is 0 Å². The molecule has 0 fully saturated rings. The summed E-state index contributed by atoms with van der Waals surface area (Å²) < 4.78 is 0. The van der Waals surface area contributed by atoms with Gasteiger partial charge in [0.05, 0.1) is 0 Å². The van der Waals surface area contributed by atoms with Gasteiger partial charge in [0.15, 0.2) is 0 Å². The van der Waals surface area contributed by atoms with E-state index in [1.54, 1.807) is 0 Å². The van der Waals surface area contributed by atoms with E-state index in [1.165, 1.54) is 98.7 Å². The summed E-state index contributed by atoms with van der Waals surface area (Å²) >= 11 is 0. The summed E-state index contributed by atoms with van der Waals surface area (Å²) in [4.78, 5) is 0. The van der Waals surface area contributed by atoms with Gasteiger partial charge in [-0.05, 0) is 117 Å². The summed E-state index contributed by atoms with van der Waals surface area (Å²) in [7, 11) is 0. The molecule has 0 amide bonds. The first kappa shape index (κ1) is 26.5. The summed E-state index contributed by atoms with van der Waals surface area (Å²) in [5.74, 6) is 0. The van der Waals surface area contributed by atoms with Crippen LogP contribution in [0.1, 0.15) is 25.0 Å². The SMILES string of the molecule is CC1(C)c2cc(-c3cccc(-c4cccc5ccccc45)c3)ccc2-c2ccc(-c3ccc4ccc5cccc6ccc3c4c56)cc21. The van der Waals surface area contributed by atoms with Gasteiger partial charge in [-0.15, -0.1) is 0 Å². The third-order valence-corrected chi connectivity index (χ3v) is 10.8. The molecule has 9 aromatic rings. The molecule has 47 heavy (non-hydrogen) atoms. The number of hydrogen-bond donors (Lipinski definition) is 0. The Bertz CT molecular complexity index is 2680. The van der Waals surface area contributed by atoms with Gasteiger partial charge in [0.2, 0.25) is 0 Å². The second-order valence-corrected chi connectivity index (χ2v) is 13.7. The van der Waals surface area contributed by atoms with Crippen molar-refractivity contribution in [2.45, 2.75) is 19.3 Å². The fraction of sp³-hybridized carbons (Fsp3) is 0.0638. The topological polar surface area (TPSA) is 0 Å². The van der Waals surface area contributed by atoms with Crippen molar-refractivity contribution in [2.24, 2.45) is 0 Å². The zero-order valence-electron chi connectivity index (χ0n) is 26.5. The zero-order chi connectivity index (χ0) is 31.3. The molecule has 0 heteroatoms. The highest BCUT2D eigenvalue weighted by atomic mass is 14.4. The lowest BCUT2D eigenvalue weighted by molar-refractivity contribution is 0.661. The van der Waals surface area contributed by atoms with E-state index in [4.69, 9.17) is 0 Å². The van der Waals surface area contributed by atoms with Gasteiger partial charge in [-0.2, -0.15) is 0 Å². The van der Waals surface area contributed by atoms with Crippen LogP contribution in [-0.2, 0) is 5.41 Å². The first-order valence-corrected chi connectivity index (χ1v) is 16.6. The molecular weight excluding hydrogens is 565 g/mol. The smallest absolute Gasteiger partial charge is 0.0159 e. The third-order valence-electron chi connectivity index (χ3n) is 10.8. The molecule has 0 spiro atoms. The molecule has 0 nitrogen and oxygen atoms in total. The highest BCUT2D eigenvalue weighted by Crippen LogP contribution is 2.51. The van der Waals surface area contributed by atoms with Crippen molar-refractivity contribution in [1.29, 1.82) is 0 Å². The van der Waals surface area contributed by atoms with E-state index in [2.05, 4.69) is 172 Å². The molecule has 0 unspecified atom stereocenters. The Morgan fingerprint density at radius 2 is 0.830 bits per heavy atom. The Kier molecular flexibility index (Phi) is 5.44. The molecule has 0 heterocycles. The van der Waals surface area contributed by atoms with Gasteiger partial charge in [0.25, 0.3) is 0 Å². The van der Waals surface area contributed by atoms with Crippen molar-refractivity contribution >= 4 is 43.1 Å². The molecule has 0 saturated heterocycles. The summed E-state index contributed by atoms with van der Waals surface area (Å²) in [5, 5.41) is 10.6. The Balaban J connectivity index is 1.07. The Labute approximate surface area is 274 Å². The Morgan fingerprint density at radius 3 is 1.66 bits per heavy atom. The summed E-state index contributed by atoms with van der Waals surface area (Å²) in [6.07, 6.45) is 0. The Hall–Kier alpha value is -5.72. The molecule has 220 valence electrons. The second-order valence-electron chi connectivity index (χ2n) is 13.7. The largest absolute Gasteiger partial charge is 0.0616 e. The molecule has 10 rings (SSSR count). The minimum atomic E-state index is -0.117. The van der Waals surface area contributed by atoms with E-state index in [0.717, 1.165) is 0 Å². The molecule has 0 aliphatic heterocycles. The number of benzene rings is 9. The van der Waals surface area contributed by atoms with Crippen LogP contribution in [0, 0.1) is 0 Å². The number of hydrogen-bond acceptors (Lipinski definition) is 0. The molecule has 9 aromatic carbocycles. The van der Waals surface area contributed by atoms with Crippen LogP contribution in [0.25, 0.3) is 87.6 Å². The molecule has 1 aliphatic carbocycles. The van der Waals surface area contributed by atoms with Crippen LogP contribution in [0.2, 0.25) is 0 Å². The van der Waals surface area contributed by atoms with E-state index < -0.39 is 0 Å². The molecule has 0 N–H and O–H groups in total. The van der Waals surface area contributed by atoms with Crippen molar-refractivity contribution in [1.82, 2.24) is 0 Å². The van der Waals surface area contributed by atoms with Crippen molar-refractivity contribution in [3.05, 3.63) is 169 Å². The van der Waals surface area contributed by atoms with Gasteiger partial charge in [-0.1, -0.05) is 153 Å². The fourth-order valence-corrected chi connectivity index (χ4v) is 8.42. The molecule has 0 saturated carbocycles. The fourth-order valence-electron chi connectivity index (χ4n) is 8.42. The average Bonchev–Trinajstić information content (AvgIpc) is 3.35. The molecule has 0 atom stereocenters. The first-order chi connectivity index (χ1) is 23.0. The summed E-state index contributed by atoms with van der Waals surface area (Å²) in [6.45, 7) is 4.78. The van der Waals surface area contributed by atoms with Crippen molar-refractivity contribution in [2.75, 3.05) is 0 Å². The average molecular weight is 597 g/mol. The lowest BCUT2D eigenvalue weighted by Crippen LogP contribution is -2.15. The van der Waals surface area contributed by atoms with Crippen LogP contribution in [-0.4, -0.2) is 0 Å². The number of rotatable bonds is 3. The maximum absolute atomic E-state index is 2.46. The van der Waals surface area contributed by atoms with Crippen LogP contribution in [0.5, 0.6) is 0 Å². The lowest BCUT2D eigenvalue weighted by Gasteiger charge is -2.23. The predicted octanol–water partition coefficient (Wildman–Crippen LogP) is 13.0. The van der Waals surface area contributed by atoms with E-state index in [-0.39, 0.29) is 5.41 Å². The summed E-state index contributed by atoms with van der Waals surface area (Å²) in [6, 6.07) is 58.9. The minimum Gasteiger partial charge on any atom is -0.0616 e. The maximum Gasteiger partial charge on any atom is 0.0159 e. The van der Waals surface area contributed by atoms with E-state index in [1.807, 2.05) is 0 Å². The maximum atomic E-state index is 2.46. The highest BCUT2D eigenvalue weighted by molar-refractivity contribution is 6.25. The van der Waals surface area contributed by atoms with Crippen LogP contribution in [0.3, 0.4) is 0 Å². The van der Waals surface area contributed by atoms with Gasteiger partial charge in [-0.25, -0.2) is 0 Å². The van der Waals surface area contributed by atoms with Gasteiger partial charge in [0, 0.05) is 5.41 Å². The molecule has 0 bridgehead atoms. The van der Waals surface area contributed by atoms with Crippen LogP contribution in [0.4, 0.5) is 0 Å². The van der Waals surface area contributed by atoms with E-state index in [0.29, 0.717) is 0 Å². The normalized spacial score (nSPS) is 13.5. The van der Waals surface area contributed by atoms with Gasteiger partial charge in [0.1, 0.15) is 0 Å². The van der Waals surface area contributed by atoms with Gasteiger partial charge in [-0.3, -0.25) is 0 Å². The molecule has 0 aromatic heterocycles. The van der Waals surface area contributed by atoms with E-state index >= 15 is 0 Å². The Morgan fingerprint density at radius 1 is 0.319 bits per heavy atom. The van der Waals surface area contributed by atoms with Crippen molar-refractivity contribution in [3.63, 3.8) is 0 Å². The molecule has 1 aliphatic rings. The van der Waals surface area contributed by atoms with Crippen LogP contribution >= 0.6 is 0 Å². The van der Waals surface area contributed by atoms with Crippen LogP contribution in [0.15, 0.2) is 158 Å². The van der Waals surface area contributed by atoms with Gasteiger partial charge < -0.3 is 0 Å². The zero-order valence-corrected chi connectivity index (χ0v) is 26.5. The number of fused-ring (bicyclic) bond motifs is 4. The first-order valence-electron chi connectivity index (χ1n) is 16.6. The lowest BCUT2D eigenvalue weighted by atomic mass is 9.80. The molecular formula is C47H32. The monoisotopic (exact) mass is 596 g/mol.